The molecule has 2 N–H and O–H groups in total. The van der Waals surface area contributed by atoms with Crippen LogP contribution in [0.15, 0.2) is 41.5 Å². The summed E-state index contributed by atoms with van der Waals surface area (Å²) in [4.78, 5) is 28.8. The van der Waals surface area contributed by atoms with E-state index in [0.717, 1.165) is 9.36 Å². The van der Waals surface area contributed by atoms with Crippen LogP contribution in [0.25, 0.3) is 27.6 Å². The largest absolute Gasteiger partial charge is 0.344 e. The van der Waals surface area contributed by atoms with Gasteiger partial charge < -0.3 is 5.32 Å². The number of nitrogens with zero attached hydrogens (tertiary/aromatic N) is 4. The number of amides is 1. The van der Waals surface area contributed by atoms with Gasteiger partial charge in [-0.1, -0.05) is 12.1 Å². The van der Waals surface area contributed by atoms with E-state index in [1.54, 1.807) is 19.1 Å². The summed E-state index contributed by atoms with van der Waals surface area (Å²) in [5.74, 6) is -0.529. The summed E-state index contributed by atoms with van der Waals surface area (Å²) < 4.78 is 16.3. The zero-order valence-electron chi connectivity index (χ0n) is 13.2. The van der Waals surface area contributed by atoms with Gasteiger partial charge >= 0.3 is 6.03 Å². The highest BCUT2D eigenvalue weighted by atomic mass is 19.1. The van der Waals surface area contributed by atoms with E-state index in [0.29, 0.717) is 23.1 Å². The number of pyridine rings is 1. The second-order valence-corrected chi connectivity index (χ2v) is 5.38. The van der Waals surface area contributed by atoms with Crippen LogP contribution in [0.4, 0.5) is 9.18 Å². The van der Waals surface area contributed by atoms with Crippen LogP contribution in [-0.2, 0) is 0 Å². The summed E-state index contributed by atoms with van der Waals surface area (Å²) in [6.07, 6.45) is 2.80. The van der Waals surface area contributed by atoms with E-state index in [-0.39, 0.29) is 11.1 Å². The Balaban J connectivity index is 1.98. The normalized spacial score (nSPS) is 11.3. The van der Waals surface area contributed by atoms with Crippen molar-refractivity contribution in [3.63, 3.8) is 0 Å². The third-order valence-corrected chi connectivity index (χ3v) is 3.87. The number of fused-ring (bicyclic) bond motifs is 3. The Bertz CT molecular complexity index is 1170. The average Bonchev–Trinajstić information content (AvgIpc) is 3.17. The van der Waals surface area contributed by atoms with Crippen molar-refractivity contribution in [1.82, 2.24) is 29.9 Å². The molecule has 3 aromatic heterocycles. The van der Waals surface area contributed by atoms with Gasteiger partial charge in [0.1, 0.15) is 11.5 Å². The van der Waals surface area contributed by atoms with Gasteiger partial charge in [-0.3, -0.25) is 9.89 Å². The number of carbonyl (C=O) groups excluding carboxylic acids is 1. The molecule has 9 heteroatoms. The van der Waals surface area contributed by atoms with Crippen molar-refractivity contribution in [3.05, 3.63) is 52.8 Å². The maximum Gasteiger partial charge on any atom is 0.344 e. The van der Waals surface area contributed by atoms with E-state index in [4.69, 9.17) is 0 Å². The monoisotopic (exact) mass is 340 g/mol. The first-order valence-electron chi connectivity index (χ1n) is 7.62. The van der Waals surface area contributed by atoms with Crippen molar-refractivity contribution in [2.45, 2.75) is 6.92 Å². The summed E-state index contributed by atoms with van der Waals surface area (Å²) in [6, 6.07) is 5.53. The standard InChI is InChI=1S/C16H13FN6O2/c1-2-18-16(25)23-14-9(8-20-23)13-10(7-19-14)15(24)22(21-13)12-6-4-3-5-11(12)17/h3-8,21H,2H2,1H3,(H,18,25). The van der Waals surface area contributed by atoms with Crippen molar-refractivity contribution in [3.8, 4) is 5.69 Å². The lowest BCUT2D eigenvalue weighted by atomic mass is 10.2. The minimum atomic E-state index is -0.529. The summed E-state index contributed by atoms with van der Waals surface area (Å²) in [6.45, 7) is 2.24. The number of hydrogen-bond donors (Lipinski definition) is 2. The maximum absolute atomic E-state index is 14.0. The van der Waals surface area contributed by atoms with Crippen LogP contribution in [-0.4, -0.2) is 37.1 Å². The Hall–Kier alpha value is -3.49. The lowest BCUT2D eigenvalue weighted by Crippen LogP contribution is -2.29. The van der Waals surface area contributed by atoms with Gasteiger partial charge in [0.05, 0.1) is 22.5 Å². The van der Waals surface area contributed by atoms with E-state index < -0.39 is 17.4 Å². The molecule has 0 saturated carbocycles. The number of aromatic amines is 1. The van der Waals surface area contributed by atoms with Gasteiger partial charge in [0.25, 0.3) is 5.56 Å². The lowest BCUT2D eigenvalue weighted by molar-refractivity contribution is 0.241. The molecule has 3 heterocycles. The molecular weight excluding hydrogens is 327 g/mol. The number of carbonyl (C=O) groups is 1. The third-order valence-electron chi connectivity index (χ3n) is 3.87. The zero-order chi connectivity index (χ0) is 17.6. The van der Waals surface area contributed by atoms with E-state index >= 15 is 0 Å². The summed E-state index contributed by atoms with van der Waals surface area (Å²) >= 11 is 0. The zero-order valence-corrected chi connectivity index (χ0v) is 13.2. The van der Waals surface area contributed by atoms with Crippen molar-refractivity contribution >= 4 is 28.0 Å². The van der Waals surface area contributed by atoms with Gasteiger partial charge in [-0.2, -0.15) is 9.78 Å². The molecule has 0 bridgehead atoms. The molecule has 0 unspecified atom stereocenters. The van der Waals surface area contributed by atoms with Crippen LogP contribution >= 0.6 is 0 Å². The number of halogens is 1. The van der Waals surface area contributed by atoms with Crippen molar-refractivity contribution in [1.29, 1.82) is 0 Å². The molecule has 4 aromatic rings. The van der Waals surface area contributed by atoms with Crippen molar-refractivity contribution in [2.24, 2.45) is 0 Å². The highest BCUT2D eigenvalue weighted by molar-refractivity contribution is 6.03. The van der Waals surface area contributed by atoms with Crippen molar-refractivity contribution < 1.29 is 9.18 Å². The summed E-state index contributed by atoms with van der Waals surface area (Å²) in [7, 11) is 0. The molecule has 0 radical (unpaired) electrons. The predicted octanol–water partition coefficient (Wildman–Crippen LogP) is 1.78. The number of rotatable bonds is 2. The summed E-state index contributed by atoms with van der Waals surface area (Å²) in [5.41, 5.74) is 0.419. The Labute approximate surface area is 139 Å². The molecular formula is C16H13FN6O2. The van der Waals surface area contributed by atoms with Crippen LogP contribution < -0.4 is 10.9 Å². The Morgan fingerprint density at radius 2 is 2.08 bits per heavy atom. The molecule has 0 aliphatic rings. The molecule has 0 atom stereocenters. The Morgan fingerprint density at radius 1 is 1.28 bits per heavy atom. The lowest BCUT2D eigenvalue weighted by Gasteiger charge is -2.02. The van der Waals surface area contributed by atoms with E-state index in [2.05, 4.69) is 20.5 Å². The van der Waals surface area contributed by atoms with Gasteiger partial charge in [-0.05, 0) is 19.1 Å². The number of aromatic nitrogens is 5. The minimum absolute atomic E-state index is 0.105. The van der Waals surface area contributed by atoms with Crippen LogP contribution in [0, 0.1) is 5.82 Å². The molecule has 0 fully saturated rings. The highest BCUT2D eigenvalue weighted by Gasteiger charge is 2.18. The maximum atomic E-state index is 14.0. The highest BCUT2D eigenvalue weighted by Crippen LogP contribution is 2.21. The van der Waals surface area contributed by atoms with Crippen LogP contribution in [0.2, 0.25) is 0 Å². The quantitative estimate of drug-likeness (QED) is 0.581. The summed E-state index contributed by atoms with van der Waals surface area (Å²) in [5, 5.41) is 10.3. The van der Waals surface area contributed by atoms with E-state index in [1.165, 1.54) is 24.5 Å². The molecule has 1 amide bonds. The second-order valence-electron chi connectivity index (χ2n) is 5.38. The van der Waals surface area contributed by atoms with Crippen molar-refractivity contribution in [2.75, 3.05) is 6.54 Å². The molecule has 0 spiro atoms. The second kappa shape index (κ2) is 5.55. The van der Waals surface area contributed by atoms with Gasteiger partial charge in [0.15, 0.2) is 5.65 Å². The number of para-hydroxylation sites is 1. The van der Waals surface area contributed by atoms with Crippen LogP contribution in [0.5, 0.6) is 0 Å². The van der Waals surface area contributed by atoms with Gasteiger partial charge in [-0.15, -0.1) is 0 Å². The van der Waals surface area contributed by atoms with Gasteiger partial charge in [0, 0.05) is 12.7 Å². The third kappa shape index (κ3) is 2.20. The van der Waals surface area contributed by atoms with Crippen LogP contribution in [0.1, 0.15) is 6.92 Å². The Morgan fingerprint density at radius 3 is 2.84 bits per heavy atom. The first kappa shape index (κ1) is 15.1. The molecule has 126 valence electrons. The molecule has 0 aliphatic heterocycles. The fourth-order valence-corrected chi connectivity index (χ4v) is 2.72. The number of benzene rings is 1. The number of H-pyrrole nitrogens is 1. The van der Waals surface area contributed by atoms with E-state index in [1.807, 2.05) is 0 Å². The number of nitrogens with one attached hydrogen (secondary N) is 2. The smallest absolute Gasteiger partial charge is 0.336 e. The first-order chi connectivity index (χ1) is 12.1. The molecule has 4 rings (SSSR count). The molecule has 0 saturated heterocycles. The van der Waals surface area contributed by atoms with Gasteiger partial charge in [0.2, 0.25) is 0 Å². The minimum Gasteiger partial charge on any atom is -0.336 e. The van der Waals surface area contributed by atoms with E-state index in [9.17, 15) is 14.0 Å². The van der Waals surface area contributed by atoms with Crippen LogP contribution in [0.3, 0.4) is 0 Å². The predicted molar refractivity (Wildman–Crippen MR) is 89.4 cm³/mol. The Kier molecular flexibility index (Phi) is 3.34. The first-order valence-corrected chi connectivity index (χ1v) is 7.62. The topological polar surface area (TPSA) is 97.6 Å². The number of hydrogen-bond acceptors (Lipinski definition) is 4. The fraction of sp³-hybridized carbons (Fsp3) is 0.125. The average molecular weight is 340 g/mol. The molecule has 1 aromatic carbocycles. The van der Waals surface area contributed by atoms with Gasteiger partial charge in [-0.25, -0.2) is 18.9 Å². The molecule has 0 aliphatic carbocycles. The SMILES string of the molecule is CCNC(=O)n1ncc2c3[nH]n(-c4ccccc4F)c(=O)c3cnc21. The molecule has 25 heavy (non-hydrogen) atoms. The molecule has 8 nitrogen and oxygen atoms in total. The fourth-order valence-electron chi connectivity index (χ4n) is 2.72.